The number of hydrogen-bond acceptors (Lipinski definition) is 3. The number of piperazine rings is 1. The lowest BCUT2D eigenvalue weighted by Gasteiger charge is -2.36. The van der Waals surface area contributed by atoms with Crippen LogP contribution in [0.2, 0.25) is 0 Å². The van der Waals surface area contributed by atoms with Gasteiger partial charge in [0.15, 0.2) is 0 Å². The van der Waals surface area contributed by atoms with Gasteiger partial charge in [-0.25, -0.2) is 0 Å². The van der Waals surface area contributed by atoms with Crippen LogP contribution in [0.5, 0.6) is 5.75 Å². The van der Waals surface area contributed by atoms with E-state index in [0.29, 0.717) is 37.4 Å². The molecule has 0 radical (unpaired) electrons. The normalized spacial score (nSPS) is 14.0. The number of ether oxygens (including phenoxy) is 1. The number of halogens is 3. The van der Waals surface area contributed by atoms with Gasteiger partial charge in [0.05, 0.1) is 23.9 Å². The second-order valence-electron chi connectivity index (χ2n) is 9.26. The summed E-state index contributed by atoms with van der Waals surface area (Å²) < 4.78 is 47.0. The first-order valence-corrected chi connectivity index (χ1v) is 12.4. The van der Waals surface area contributed by atoms with Crippen LogP contribution in [0.15, 0.2) is 84.9 Å². The molecule has 3 aromatic carbocycles. The first kappa shape index (κ1) is 25.4. The van der Waals surface area contributed by atoms with Gasteiger partial charge >= 0.3 is 6.18 Å². The number of carbonyl (C=O) groups is 1. The fourth-order valence-electron chi connectivity index (χ4n) is 4.94. The molecule has 1 aromatic heterocycles. The van der Waals surface area contributed by atoms with Crippen LogP contribution in [0.4, 0.5) is 18.9 Å². The average molecular weight is 520 g/mol. The molecule has 5 nitrogen and oxygen atoms in total. The van der Waals surface area contributed by atoms with E-state index in [4.69, 9.17) is 4.74 Å². The number of anilines is 1. The van der Waals surface area contributed by atoms with Gasteiger partial charge in [0, 0.05) is 48.8 Å². The zero-order chi connectivity index (χ0) is 26.9. The highest BCUT2D eigenvalue weighted by Crippen LogP contribution is 2.34. The van der Waals surface area contributed by atoms with E-state index >= 15 is 0 Å². The Morgan fingerprint density at radius 3 is 2.18 bits per heavy atom. The van der Waals surface area contributed by atoms with Crippen molar-refractivity contribution in [3.8, 4) is 22.7 Å². The summed E-state index contributed by atoms with van der Waals surface area (Å²) in [6.45, 7) is 3.67. The van der Waals surface area contributed by atoms with Gasteiger partial charge in [-0.15, -0.1) is 0 Å². The molecule has 5 rings (SSSR count). The number of aromatic nitrogens is 1. The summed E-state index contributed by atoms with van der Waals surface area (Å²) in [4.78, 5) is 17.4. The molecule has 0 atom stereocenters. The van der Waals surface area contributed by atoms with Crippen LogP contribution in [-0.2, 0) is 6.18 Å². The predicted octanol–water partition coefficient (Wildman–Crippen LogP) is 6.44. The highest BCUT2D eigenvalue weighted by molar-refractivity contribution is 5.97. The molecule has 8 heteroatoms. The van der Waals surface area contributed by atoms with Gasteiger partial charge < -0.3 is 19.1 Å². The molecule has 0 aliphatic carbocycles. The number of rotatable bonds is 5. The molecule has 2 heterocycles. The largest absolute Gasteiger partial charge is 0.497 e. The van der Waals surface area contributed by atoms with E-state index in [1.165, 1.54) is 12.1 Å². The minimum Gasteiger partial charge on any atom is -0.497 e. The minimum absolute atomic E-state index is 0.0926. The molecule has 0 saturated carbocycles. The van der Waals surface area contributed by atoms with Gasteiger partial charge in [0.2, 0.25) is 0 Å². The Balaban J connectivity index is 1.42. The Morgan fingerprint density at radius 2 is 1.50 bits per heavy atom. The fraction of sp³-hybridized carbons (Fsp3) is 0.233. The van der Waals surface area contributed by atoms with E-state index in [1.807, 2.05) is 72.5 Å². The lowest BCUT2D eigenvalue weighted by Crippen LogP contribution is -2.49. The van der Waals surface area contributed by atoms with Crippen molar-refractivity contribution in [3.63, 3.8) is 0 Å². The van der Waals surface area contributed by atoms with Crippen molar-refractivity contribution in [1.29, 1.82) is 0 Å². The van der Waals surface area contributed by atoms with Crippen molar-refractivity contribution in [2.75, 3.05) is 38.2 Å². The third-order valence-electron chi connectivity index (χ3n) is 6.96. The van der Waals surface area contributed by atoms with Crippen molar-refractivity contribution in [3.05, 3.63) is 102 Å². The molecule has 0 N–H and O–H groups in total. The lowest BCUT2D eigenvalue weighted by atomic mass is 10.1. The minimum atomic E-state index is -4.39. The monoisotopic (exact) mass is 519 g/mol. The molecule has 196 valence electrons. The van der Waals surface area contributed by atoms with Gasteiger partial charge in [-0.3, -0.25) is 4.79 Å². The molecule has 1 aliphatic heterocycles. The van der Waals surface area contributed by atoms with Crippen LogP contribution in [-0.4, -0.2) is 48.7 Å². The Bertz CT molecular complexity index is 1440. The summed E-state index contributed by atoms with van der Waals surface area (Å²) in [6.07, 6.45) is -4.39. The Hall–Kier alpha value is -4.20. The van der Waals surface area contributed by atoms with E-state index in [9.17, 15) is 18.0 Å². The summed E-state index contributed by atoms with van der Waals surface area (Å²) in [6, 6.07) is 24.8. The van der Waals surface area contributed by atoms with Crippen LogP contribution >= 0.6 is 0 Å². The molecule has 1 amide bonds. The number of nitrogens with zero attached hydrogens (tertiary/aromatic N) is 3. The van der Waals surface area contributed by atoms with Crippen LogP contribution in [0.1, 0.15) is 21.6 Å². The van der Waals surface area contributed by atoms with E-state index < -0.39 is 11.7 Å². The number of para-hydroxylation sites is 1. The number of amides is 1. The van der Waals surface area contributed by atoms with Gasteiger partial charge in [0.1, 0.15) is 5.75 Å². The predicted molar refractivity (Wildman–Crippen MR) is 142 cm³/mol. The van der Waals surface area contributed by atoms with Crippen LogP contribution in [0.3, 0.4) is 0 Å². The Labute approximate surface area is 219 Å². The number of benzene rings is 3. The van der Waals surface area contributed by atoms with Crippen molar-refractivity contribution in [1.82, 2.24) is 9.47 Å². The van der Waals surface area contributed by atoms with E-state index in [-0.39, 0.29) is 5.91 Å². The zero-order valence-electron chi connectivity index (χ0n) is 21.2. The fourth-order valence-corrected chi connectivity index (χ4v) is 4.94. The maximum Gasteiger partial charge on any atom is 0.416 e. The molecular formula is C30H28F3N3O2. The summed E-state index contributed by atoms with van der Waals surface area (Å²) in [5, 5.41) is 0. The van der Waals surface area contributed by atoms with Crippen molar-refractivity contribution in [2.24, 2.45) is 0 Å². The second-order valence-corrected chi connectivity index (χ2v) is 9.26. The molecule has 0 bridgehead atoms. The summed E-state index contributed by atoms with van der Waals surface area (Å²) in [5.74, 6) is 0.629. The standard InChI is InChI=1S/C30H28F3N3O2/c1-21-27(20-28(22-8-6-13-26(18-22)38-2)36(21)24-10-4-3-5-11-24)29(37)35-16-14-34(15-17-35)25-12-7-9-23(19-25)30(31,32)33/h3-13,18-20H,14-17H2,1-2H3. The quantitative estimate of drug-likeness (QED) is 0.305. The van der Waals surface area contributed by atoms with E-state index in [2.05, 4.69) is 4.57 Å². The third-order valence-corrected chi connectivity index (χ3v) is 6.96. The average Bonchev–Trinajstić information content (AvgIpc) is 3.29. The SMILES string of the molecule is COc1cccc(-c2cc(C(=O)N3CCN(c4cccc(C(F)(F)F)c4)CC3)c(C)n2-c2ccccc2)c1. The maximum absolute atomic E-state index is 13.7. The number of carbonyl (C=O) groups excluding carboxylic acids is 1. The smallest absolute Gasteiger partial charge is 0.416 e. The van der Waals surface area contributed by atoms with E-state index in [1.54, 1.807) is 18.1 Å². The lowest BCUT2D eigenvalue weighted by molar-refractivity contribution is -0.137. The van der Waals surface area contributed by atoms with Gasteiger partial charge in [-0.1, -0.05) is 36.4 Å². The molecule has 1 fully saturated rings. The molecular weight excluding hydrogens is 491 g/mol. The van der Waals surface area contributed by atoms with Crippen LogP contribution in [0, 0.1) is 6.92 Å². The molecule has 0 unspecified atom stereocenters. The molecule has 1 aliphatic rings. The first-order valence-electron chi connectivity index (χ1n) is 12.4. The Kier molecular flexibility index (Phi) is 6.89. The van der Waals surface area contributed by atoms with Gasteiger partial charge in [-0.05, 0) is 55.5 Å². The maximum atomic E-state index is 13.7. The summed E-state index contributed by atoms with van der Waals surface area (Å²) >= 11 is 0. The van der Waals surface area contributed by atoms with Gasteiger partial charge in [0.25, 0.3) is 5.91 Å². The molecule has 4 aromatic rings. The van der Waals surface area contributed by atoms with Crippen molar-refractivity contribution >= 4 is 11.6 Å². The summed E-state index contributed by atoms with van der Waals surface area (Å²) in [5.41, 5.74) is 3.99. The number of hydrogen-bond donors (Lipinski definition) is 0. The second kappa shape index (κ2) is 10.3. The molecule has 0 spiro atoms. The zero-order valence-corrected chi connectivity index (χ0v) is 21.2. The highest BCUT2D eigenvalue weighted by atomic mass is 19.4. The van der Waals surface area contributed by atoms with Gasteiger partial charge in [-0.2, -0.15) is 13.2 Å². The Morgan fingerprint density at radius 1 is 0.816 bits per heavy atom. The van der Waals surface area contributed by atoms with Crippen LogP contribution in [0.25, 0.3) is 16.9 Å². The first-order chi connectivity index (χ1) is 18.3. The summed E-state index contributed by atoms with van der Waals surface area (Å²) in [7, 11) is 1.62. The highest BCUT2D eigenvalue weighted by Gasteiger charge is 2.32. The number of alkyl halides is 3. The van der Waals surface area contributed by atoms with Crippen molar-refractivity contribution < 1.29 is 22.7 Å². The van der Waals surface area contributed by atoms with Crippen LogP contribution < -0.4 is 9.64 Å². The topological polar surface area (TPSA) is 37.7 Å². The van der Waals surface area contributed by atoms with Crippen molar-refractivity contribution in [2.45, 2.75) is 13.1 Å². The molecule has 38 heavy (non-hydrogen) atoms. The van der Waals surface area contributed by atoms with E-state index in [0.717, 1.165) is 34.5 Å². The number of methoxy groups -OCH3 is 1. The molecule has 1 saturated heterocycles. The third kappa shape index (κ3) is 4.98.